The Bertz CT molecular complexity index is 1580. The van der Waals surface area contributed by atoms with E-state index < -0.39 is 6.04 Å². The number of allylic oxidation sites excluding steroid dienone is 1. The number of carbonyl (C=O) groups is 2. The van der Waals surface area contributed by atoms with Gasteiger partial charge in [-0.05, 0) is 72.0 Å². The summed E-state index contributed by atoms with van der Waals surface area (Å²) in [4.78, 5) is 30.1. The van der Waals surface area contributed by atoms with Crippen molar-refractivity contribution in [2.24, 2.45) is 0 Å². The number of carbonyl (C=O) groups excluding carboxylic acids is 2. The Balaban J connectivity index is 1.56. The predicted molar refractivity (Wildman–Crippen MR) is 149 cm³/mol. The van der Waals surface area contributed by atoms with E-state index in [1.54, 1.807) is 36.3 Å². The van der Waals surface area contributed by atoms with Crippen molar-refractivity contribution < 1.29 is 18.7 Å². The second kappa shape index (κ2) is 10.2. The number of halogens is 1. The summed E-state index contributed by atoms with van der Waals surface area (Å²) in [7, 11) is 1.60. The van der Waals surface area contributed by atoms with Crippen LogP contribution in [0.1, 0.15) is 46.3 Å². The molecule has 6 heteroatoms. The monoisotopic (exact) mass is 518 g/mol. The van der Waals surface area contributed by atoms with Crippen LogP contribution in [0.5, 0.6) is 5.75 Å². The van der Waals surface area contributed by atoms with Crippen molar-refractivity contribution >= 4 is 23.1 Å². The molecule has 0 bridgehead atoms. The second-order valence-corrected chi connectivity index (χ2v) is 9.83. The van der Waals surface area contributed by atoms with E-state index in [9.17, 15) is 14.0 Å². The number of benzene rings is 4. The van der Waals surface area contributed by atoms with Gasteiger partial charge >= 0.3 is 0 Å². The van der Waals surface area contributed by atoms with Crippen LogP contribution in [0, 0.1) is 5.82 Å². The smallest absolute Gasteiger partial charge is 0.259 e. The van der Waals surface area contributed by atoms with Crippen LogP contribution in [-0.4, -0.2) is 18.8 Å². The lowest BCUT2D eigenvalue weighted by molar-refractivity contribution is -0.116. The van der Waals surface area contributed by atoms with Crippen LogP contribution in [-0.2, 0) is 4.79 Å². The molecule has 194 valence electrons. The molecule has 0 fully saturated rings. The van der Waals surface area contributed by atoms with Crippen LogP contribution < -0.4 is 15.0 Å². The number of nitrogens with zero attached hydrogens (tertiary/aromatic N) is 1. The normalized spacial score (nSPS) is 18.5. The summed E-state index contributed by atoms with van der Waals surface area (Å²) in [5, 5.41) is 3.53. The van der Waals surface area contributed by atoms with Crippen molar-refractivity contribution in [2.45, 2.75) is 24.8 Å². The van der Waals surface area contributed by atoms with Crippen molar-refractivity contribution in [3.63, 3.8) is 0 Å². The molecule has 1 aliphatic heterocycles. The average Bonchev–Trinajstić information content (AvgIpc) is 3.12. The summed E-state index contributed by atoms with van der Waals surface area (Å²) in [5.41, 5.74) is 4.96. The highest BCUT2D eigenvalue weighted by atomic mass is 19.1. The molecule has 1 aliphatic carbocycles. The number of ketones is 1. The fourth-order valence-corrected chi connectivity index (χ4v) is 5.63. The summed E-state index contributed by atoms with van der Waals surface area (Å²) in [6.07, 6.45) is 0.811. The maximum atomic E-state index is 14.2. The number of nitrogens with one attached hydrogen (secondary N) is 1. The third-order valence-electron chi connectivity index (χ3n) is 7.48. The first kappa shape index (κ1) is 24.6. The van der Waals surface area contributed by atoms with Crippen molar-refractivity contribution in [1.29, 1.82) is 0 Å². The van der Waals surface area contributed by atoms with Gasteiger partial charge in [0.2, 0.25) is 0 Å². The molecule has 4 aromatic carbocycles. The number of rotatable bonds is 4. The van der Waals surface area contributed by atoms with Gasteiger partial charge in [-0.25, -0.2) is 4.39 Å². The molecule has 2 atom stereocenters. The van der Waals surface area contributed by atoms with Gasteiger partial charge in [0, 0.05) is 23.3 Å². The average molecular weight is 519 g/mol. The van der Waals surface area contributed by atoms with Gasteiger partial charge in [-0.15, -0.1) is 0 Å². The molecule has 39 heavy (non-hydrogen) atoms. The molecule has 0 spiro atoms. The first-order valence-corrected chi connectivity index (χ1v) is 12.9. The zero-order valence-corrected chi connectivity index (χ0v) is 21.4. The summed E-state index contributed by atoms with van der Waals surface area (Å²) < 4.78 is 19.2. The van der Waals surface area contributed by atoms with Crippen LogP contribution in [0.4, 0.5) is 15.8 Å². The van der Waals surface area contributed by atoms with E-state index in [2.05, 4.69) is 5.32 Å². The summed E-state index contributed by atoms with van der Waals surface area (Å²) in [6, 6.07) is 29.9. The first-order chi connectivity index (χ1) is 19.0. The molecular weight excluding hydrogens is 491 g/mol. The number of fused-ring (bicyclic) bond motifs is 1. The van der Waals surface area contributed by atoms with Crippen LogP contribution in [0.2, 0.25) is 0 Å². The number of ether oxygens (including phenoxy) is 1. The molecule has 0 saturated heterocycles. The Morgan fingerprint density at radius 3 is 2.38 bits per heavy atom. The van der Waals surface area contributed by atoms with Gasteiger partial charge in [-0.3, -0.25) is 14.5 Å². The van der Waals surface area contributed by atoms with Crippen LogP contribution >= 0.6 is 0 Å². The summed E-state index contributed by atoms with van der Waals surface area (Å²) in [6.45, 7) is 0. The summed E-state index contributed by atoms with van der Waals surface area (Å²) >= 11 is 0. The maximum absolute atomic E-state index is 14.2. The standard InChI is InChI=1S/C33H27FN2O3/c1-39-26-11-7-10-23(18-26)32-31-28(19-24(20-30(31)37)21-14-16-25(34)17-15-21)35-27-12-5-6-13-29(27)36(32)33(38)22-8-3-2-4-9-22/h2-18,24,32,35H,19-20H2,1H3. The zero-order valence-electron chi connectivity index (χ0n) is 21.4. The Labute approximate surface area is 226 Å². The molecule has 6 rings (SSSR count). The minimum absolute atomic E-state index is 0.0513. The minimum atomic E-state index is -0.680. The van der Waals surface area contributed by atoms with E-state index >= 15 is 0 Å². The van der Waals surface area contributed by atoms with E-state index in [-0.39, 0.29) is 29.8 Å². The number of hydrogen-bond acceptors (Lipinski definition) is 4. The number of hydrogen-bond donors (Lipinski definition) is 1. The largest absolute Gasteiger partial charge is 0.497 e. The van der Waals surface area contributed by atoms with Crippen molar-refractivity contribution in [3.05, 3.63) is 137 Å². The molecule has 2 aliphatic rings. The number of Topliss-reactive ketones (excluding diaryl/α,β-unsaturated/α-hetero) is 1. The lowest BCUT2D eigenvalue weighted by atomic mass is 9.78. The number of amides is 1. The third kappa shape index (κ3) is 4.59. The van der Waals surface area contributed by atoms with Gasteiger partial charge in [-0.2, -0.15) is 0 Å². The minimum Gasteiger partial charge on any atom is -0.497 e. The lowest BCUT2D eigenvalue weighted by Gasteiger charge is -2.35. The molecule has 2 unspecified atom stereocenters. The Morgan fingerprint density at radius 1 is 0.872 bits per heavy atom. The van der Waals surface area contributed by atoms with Gasteiger partial charge in [-0.1, -0.05) is 54.6 Å². The van der Waals surface area contributed by atoms with Crippen molar-refractivity contribution in [3.8, 4) is 5.75 Å². The Kier molecular flexibility index (Phi) is 6.45. The molecular formula is C33H27FN2O3. The molecule has 1 heterocycles. The lowest BCUT2D eigenvalue weighted by Crippen LogP contribution is -2.38. The molecule has 0 aromatic heterocycles. The van der Waals surface area contributed by atoms with Gasteiger partial charge < -0.3 is 10.1 Å². The van der Waals surface area contributed by atoms with E-state index in [1.807, 2.05) is 66.7 Å². The van der Waals surface area contributed by atoms with E-state index in [0.717, 1.165) is 22.5 Å². The molecule has 0 saturated carbocycles. The number of methoxy groups -OCH3 is 1. The van der Waals surface area contributed by atoms with Crippen molar-refractivity contribution in [1.82, 2.24) is 0 Å². The Morgan fingerprint density at radius 2 is 1.62 bits per heavy atom. The van der Waals surface area contributed by atoms with Crippen LogP contribution in [0.15, 0.2) is 114 Å². The number of para-hydroxylation sites is 2. The van der Waals surface area contributed by atoms with Crippen LogP contribution in [0.25, 0.3) is 0 Å². The molecule has 1 amide bonds. The molecule has 4 aromatic rings. The number of anilines is 2. The highest BCUT2D eigenvalue weighted by molar-refractivity contribution is 6.12. The topological polar surface area (TPSA) is 58.6 Å². The van der Waals surface area contributed by atoms with E-state index in [4.69, 9.17) is 4.74 Å². The molecule has 0 radical (unpaired) electrons. The van der Waals surface area contributed by atoms with Gasteiger partial charge in [0.1, 0.15) is 11.6 Å². The fraction of sp³-hybridized carbons (Fsp3) is 0.152. The Hall–Kier alpha value is -4.71. The van der Waals surface area contributed by atoms with Gasteiger partial charge in [0.05, 0.1) is 24.5 Å². The quantitative estimate of drug-likeness (QED) is 0.315. The van der Waals surface area contributed by atoms with Gasteiger partial charge in [0.15, 0.2) is 5.78 Å². The third-order valence-corrected chi connectivity index (χ3v) is 7.48. The predicted octanol–water partition coefficient (Wildman–Crippen LogP) is 7.05. The van der Waals surface area contributed by atoms with Crippen LogP contribution in [0.3, 0.4) is 0 Å². The maximum Gasteiger partial charge on any atom is 0.259 e. The highest BCUT2D eigenvalue weighted by Crippen LogP contribution is 2.48. The first-order valence-electron chi connectivity index (χ1n) is 12.9. The van der Waals surface area contributed by atoms with E-state index in [0.29, 0.717) is 29.0 Å². The highest BCUT2D eigenvalue weighted by Gasteiger charge is 2.42. The van der Waals surface area contributed by atoms with Gasteiger partial charge in [0.25, 0.3) is 5.91 Å². The molecule has 1 N–H and O–H groups in total. The van der Waals surface area contributed by atoms with E-state index in [1.165, 1.54) is 12.1 Å². The second-order valence-electron chi connectivity index (χ2n) is 9.83. The SMILES string of the molecule is COc1cccc(C2C3=C(CC(c4ccc(F)cc4)CC3=O)Nc3ccccc3N2C(=O)c2ccccc2)c1. The van der Waals surface area contributed by atoms with Crippen molar-refractivity contribution in [2.75, 3.05) is 17.3 Å². The summed E-state index contributed by atoms with van der Waals surface area (Å²) in [5.74, 6) is -0.0431. The fourth-order valence-electron chi connectivity index (χ4n) is 5.63. The molecule has 5 nitrogen and oxygen atoms in total. The zero-order chi connectivity index (χ0) is 26.9.